The van der Waals surface area contributed by atoms with E-state index in [1.807, 2.05) is 12.1 Å². The minimum Gasteiger partial charge on any atom is -0.252 e. The molecule has 0 spiro atoms. The number of para-hydroxylation sites is 1. The van der Waals surface area contributed by atoms with Gasteiger partial charge in [-0.1, -0.05) is 82.5 Å². The quantitative estimate of drug-likeness (QED) is 0.187. The summed E-state index contributed by atoms with van der Waals surface area (Å²) in [5.41, 5.74) is 4.95. The summed E-state index contributed by atoms with van der Waals surface area (Å²) in [6, 6.07) is 28.1. The van der Waals surface area contributed by atoms with Crippen LogP contribution < -0.4 is 0 Å². The molecule has 0 amide bonds. The average Bonchev–Trinajstić information content (AvgIpc) is 2.84. The first-order valence-electron chi connectivity index (χ1n) is 11.2. The molecule has 0 aliphatic heterocycles. The lowest BCUT2D eigenvalue weighted by molar-refractivity contribution is 0.423. The highest BCUT2D eigenvalue weighted by molar-refractivity contribution is 9.10. The number of hydrogen-bond acceptors (Lipinski definition) is 1. The van der Waals surface area contributed by atoms with Crippen LogP contribution in [0.5, 0.6) is 0 Å². The molecule has 0 N–H and O–H groups in total. The largest absolute Gasteiger partial charge is 0.252 e. The molecule has 154 valence electrons. The Morgan fingerprint density at radius 3 is 2.53 bits per heavy atom. The van der Waals surface area contributed by atoms with Gasteiger partial charge in [0.25, 0.3) is 0 Å². The van der Waals surface area contributed by atoms with Crippen LogP contribution in [-0.2, 0) is 12.8 Å². The van der Waals surface area contributed by atoms with E-state index in [1.165, 1.54) is 32.7 Å². The zero-order valence-electron chi connectivity index (χ0n) is 17.7. The third kappa shape index (κ3) is 3.12. The van der Waals surface area contributed by atoms with Gasteiger partial charge in [0.15, 0.2) is 0 Å². The molecular formula is C30H22BrN. The molecular weight excluding hydrogens is 454 g/mol. The number of aromatic nitrogens is 1. The Morgan fingerprint density at radius 1 is 0.875 bits per heavy atom. The number of terminal acetylenes is 1. The van der Waals surface area contributed by atoms with Gasteiger partial charge in [-0.15, -0.1) is 6.42 Å². The van der Waals surface area contributed by atoms with E-state index < -0.39 is 0 Å². The summed E-state index contributed by atoms with van der Waals surface area (Å²) in [6.07, 6.45) is 9.21. The first-order valence-corrected chi connectivity index (χ1v) is 12.0. The predicted octanol–water partition coefficient (Wildman–Crippen LogP) is 7.83. The van der Waals surface area contributed by atoms with Crippen molar-refractivity contribution in [2.24, 2.45) is 5.92 Å². The molecule has 2 unspecified atom stereocenters. The molecule has 4 aromatic carbocycles. The zero-order valence-corrected chi connectivity index (χ0v) is 19.3. The monoisotopic (exact) mass is 475 g/mol. The smallest absolute Gasteiger partial charge is 0.0705 e. The lowest BCUT2D eigenvalue weighted by Crippen LogP contribution is -2.21. The number of fused-ring (bicyclic) bond motifs is 6. The van der Waals surface area contributed by atoms with Crippen molar-refractivity contribution in [3.8, 4) is 12.3 Å². The molecule has 1 aromatic heterocycles. The van der Waals surface area contributed by atoms with Crippen molar-refractivity contribution in [1.29, 1.82) is 0 Å². The number of rotatable bonds is 2. The summed E-state index contributed by atoms with van der Waals surface area (Å²) >= 11 is 3.81. The molecule has 6 rings (SSSR count). The first-order chi connectivity index (χ1) is 15.7. The molecule has 0 saturated carbocycles. The maximum absolute atomic E-state index is 6.08. The first kappa shape index (κ1) is 19.5. The second kappa shape index (κ2) is 7.76. The zero-order chi connectivity index (χ0) is 21.7. The van der Waals surface area contributed by atoms with Crippen LogP contribution in [0.15, 0.2) is 83.3 Å². The Balaban J connectivity index is 1.40. The number of pyridine rings is 1. The van der Waals surface area contributed by atoms with Crippen LogP contribution in [0.25, 0.3) is 32.4 Å². The summed E-state index contributed by atoms with van der Waals surface area (Å²) in [6.45, 7) is 0. The molecule has 32 heavy (non-hydrogen) atoms. The van der Waals surface area contributed by atoms with E-state index in [0.29, 0.717) is 5.92 Å². The standard InChI is InChI=1S/C30H22BrN/c1-2-22(30-16-13-19-7-3-6-10-29(19)32-30)20-11-14-23-21(17-20)12-15-25-24-8-4-5-9-26(24)28(31)18-27(23)25/h1,3-10,12-13,15-16,18,20,22H,11,14,17H2. The third-order valence-electron chi connectivity index (χ3n) is 7.04. The Bertz CT molecular complexity index is 1540. The van der Waals surface area contributed by atoms with Gasteiger partial charge in [-0.2, -0.15) is 0 Å². The van der Waals surface area contributed by atoms with Crippen molar-refractivity contribution in [2.45, 2.75) is 25.2 Å². The molecule has 0 fully saturated rings. The van der Waals surface area contributed by atoms with Crippen molar-refractivity contribution in [3.05, 3.63) is 100 Å². The number of hydrogen-bond donors (Lipinski definition) is 0. The predicted molar refractivity (Wildman–Crippen MR) is 138 cm³/mol. The molecule has 2 heteroatoms. The van der Waals surface area contributed by atoms with Crippen molar-refractivity contribution < 1.29 is 0 Å². The molecule has 2 atom stereocenters. The minimum absolute atomic E-state index is 0.0341. The minimum atomic E-state index is 0.0341. The number of aryl methyl sites for hydroxylation is 1. The normalized spacial score (nSPS) is 16.7. The number of nitrogens with zero attached hydrogens (tertiary/aromatic N) is 1. The van der Waals surface area contributed by atoms with Crippen LogP contribution in [0.4, 0.5) is 0 Å². The van der Waals surface area contributed by atoms with E-state index in [4.69, 9.17) is 11.4 Å². The molecule has 1 nitrogen and oxygen atoms in total. The third-order valence-corrected chi connectivity index (χ3v) is 7.69. The molecule has 0 saturated heterocycles. The van der Waals surface area contributed by atoms with E-state index in [9.17, 15) is 0 Å². The van der Waals surface area contributed by atoms with Gasteiger partial charge in [0.1, 0.15) is 0 Å². The van der Waals surface area contributed by atoms with Gasteiger partial charge in [0.2, 0.25) is 0 Å². The van der Waals surface area contributed by atoms with Gasteiger partial charge in [-0.25, -0.2) is 0 Å². The topological polar surface area (TPSA) is 12.9 Å². The summed E-state index contributed by atoms with van der Waals surface area (Å²) < 4.78 is 1.16. The SMILES string of the molecule is C#CC(c1ccc2ccccc2n1)C1CCc2c(ccc3c2cc(Br)c2ccccc23)C1. The Hall–Kier alpha value is -3.15. The molecule has 0 radical (unpaired) electrons. The summed E-state index contributed by atoms with van der Waals surface area (Å²) in [7, 11) is 0. The Kier molecular flexibility index (Phi) is 4.74. The van der Waals surface area contributed by atoms with E-state index in [1.54, 1.807) is 0 Å². The van der Waals surface area contributed by atoms with Gasteiger partial charge in [0, 0.05) is 9.86 Å². The molecule has 1 aliphatic rings. The van der Waals surface area contributed by atoms with Crippen molar-refractivity contribution in [3.63, 3.8) is 0 Å². The van der Waals surface area contributed by atoms with Crippen molar-refractivity contribution in [2.75, 3.05) is 0 Å². The lowest BCUT2D eigenvalue weighted by Gasteiger charge is -2.30. The van der Waals surface area contributed by atoms with Crippen LogP contribution in [0, 0.1) is 18.3 Å². The average molecular weight is 476 g/mol. The fraction of sp³-hybridized carbons (Fsp3) is 0.167. The number of benzene rings is 4. The summed E-state index contributed by atoms with van der Waals surface area (Å²) in [5, 5.41) is 6.44. The summed E-state index contributed by atoms with van der Waals surface area (Å²) in [4.78, 5) is 4.92. The Morgan fingerprint density at radius 2 is 1.66 bits per heavy atom. The van der Waals surface area contributed by atoms with Gasteiger partial charge in [-0.05, 0) is 76.1 Å². The molecule has 0 bridgehead atoms. The van der Waals surface area contributed by atoms with Crippen LogP contribution in [0.3, 0.4) is 0 Å². The maximum Gasteiger partial charge on any atom is 0.0705 e. The van der Waals surface area contributed by atoms with E-state index in [-0.39, 0.29) is 5.92 Å². The molecule has 1 heterocycles. The summed E-state index contributed by atoms with van der Waals surface area (Å²) in [5.74, 6) is 3.52. The Labute approximate surface area is 196 Å². The van der Waals surface area contributed by atoms with Gasteiger partial charge < -0.3 is 0 Å². The van der Waals surface area contributed by atoms with Gasteiger partial charge in [0.05, 0.1) is 17.1 Å². The van der Waals surface area contributed by atoms with E-state index in [0.717, 1.165) is 40.3 Å². The van der Waals surface area contributed by atoms with Crippen LogP contribution in [0.1, 0.15) is 29.2 Å². The number of halogens is 1. The van der Waals surface area contributed by atoms with E-state index >= 15 is 0 Å². The highest BCUT2D eigenvalue weighted by atomic mass is 79.9. The lowest BCUT2D eigenvalue weighted by atomic mass is 9.74. The van der Waals surface area contributed by atoms with E-state index in [2.05, 4.69) is 88.6 Å². The fourth-order valence-electron chi connectivity index (χ4n) is 5.44. The second-order valence-electron chi connectivity index (χ2n) is 8.78. The van der Waals surface area contributed by atoms with Gasteiger partial charge in [-0.3, -0.25) is 4.98 Å². The highest BCUT2D eigenvalue weighted by Crippen LogP contribution is 2.41. The van der Waals surface area contributed by atoms with Crippen LogP contribution in [-0.4, -0.2) is 4.98 Å². The maximum atomic E-state index is 6.08. The van der Waals surface area contributed by atoms with Crippen LogP contribution >= 0.6 is 15.9 Å². The van der Waals surface area contributed by atoms with Gasteiger partial charge >= 0.3 is 0 Å². The highest BCUT2D eigenvalue weighted by Gasteiger charge is 2.28. The van der Waals surface area contributed by atoms with Crippen LogP contribution in [0.2, 0.25) is 0 Å². The molecule has 1 aliphatic carbocycles. The fourth-order valence-corrected chi connectivity index (χ4v) is 6.02. The second-order valence-corrected chi connectivity index (χ2v) is 9.63. The molecule has 5 aromatic rings. The van der Waals surface area contributed by atoms with Crippen molar-refractivity contribution in [1.82, 2.24) is 4.98 Å². The van der Waals surface area contributed by atoms with Crippen molar-refractivity contribution >= 4 is 48.4 Å².